The van der Waals surface area contributed by atoms with Crippen LogP contribution in [0.3, 0.4) is 0 Å². The molecule has 8 heteroatoms. The molecule has 1 atom stereocenters. The van der Waals surface area contributed by atoms with Gasteiger partial charge in [-0.05, 0) is 56.5 Å². The lowest BCUT2D eigenvalue weighted by molar-refractivity contribution is -0.119. The number of fused-ring (bicyclic) bond motifs is 1. The van der Waals surface area contributed by atoms with Crippen LogP contribution in [0.25, 0.3) is 11.4 Å². The molecule has 1 unspecified atom stereocenters. The van der Waals surface area contributed by atoms with Gasteiger partial charge in [-0.25, -0.2) is 9.97 Å². The van der Waals surface area contributed by atoms with Crippen LogP contribution >= 0.6 is 11.6 Å². The van der Waals surface area contributed by atoms with Gasteiger partial charge in [-0.3, -0.25) is 9.69 Å². The van der Waals surface area contributed by atoms with Gasteiger partial charge >= 0.3 is 0 Å². The minimum atomic E-state index is -0.287. The number of aryl methyl sites for hydroxylation is 3. The molecule has 1 saturated heterocycles. The first-order valence-corrected chi connectivity index (χ1v) is 13.3. The van der Waals surface area contributed by atoms with Crippen LogP contribution in [0.15, 0.2) is 36.4 Å². The van der Waals surface area contributed by atoms with Crippen LogP contribution in [0.5, 0.6) is 0 Å². The monoisotopic (exact) mass is 518 g/mol. The van der Waals surface area contributed by atoms with E-state index in [1.54, 1.807) is 0 Å². The van der Waals surface area contributed by atoms with Gasteiger partial charge in [0.05, 0.1) is 12.2 Å². The number of amides is 1. The fourth-order valence-corrected chi connectivity index (χ4v) is 5.86. The van der Waals surface area contributed by atoms with Gasteiger partial charge < -0.3 is 15.5 Å². The Kier molecular flexibility index (Phi) is 7.10. The van der Waals surface area contributed by atoms with Crippen molar-refractivity contribution in [3.05, 3.63) is 69.4 Å². The highest BCUT2D eigenvalue weighted by molar-refractivity contribution is 6.30. The molecule has 1 aromatic heterocycles. The fraction of sp³-hybridized carbons (Fsp3) is 0.414. The summed E-state index contributed by atoms with van der Waals surface area (Å²) in [4.78, 5) is 28.9. The van der Waals surface area contributed by atoms with E-state index in [1.165, 1.54) is 22.3 Å². The van der Waals surface area contributed by atoms with Crippen LogP contribution in [0, 0.1) is 20.8 Å². The number of nitrogens with zero attached hydrogens (tertiary/aromatic N) is 5. The van der Waals surface area contributed by atoms with Gasteiger partial charge in [-0.2, -0.15) is 0 Å². The summed E-state index contributed by atoms with van der Waals surface area (Å²) >= 11 is 6.38. The van der Waals surface area contributed by atoms with E-state index >= 15 is 0 Å². The quantitative estimate of drug-likeness (QED) is 0.543. The number of carbonyl (C=O) groups excluding carboxylic acids is 1. The van der Waals surface area contributed by atoms with E-state index < -0.39 is 0 Å². The van der Waals surface area contributed by atoms with E-state index in [9.17, 15) is 4.79 Å². The Balaban J connectivity index is 1.57. The van der Waals surface area contributed by atoms with Crippen molar-refractivity contribution >= 4 is 29.0 Å². The highest BCUT2D eigenvalue weighted by Crippen LogP contribution is 2.35. The topological polar surface area (TPSA) is 78.6 Å². The zero-order chi connectivity index (χ0) is 26.3. The van der Waals surface area contributed by atoms with Crippen molar-refractivity contribution in [3.8, 4) is 11.4 Å². The fourth-order valence-electron chi connectivity index (χ4n) is 5.69. The number of anilines is 2. The molecule has 7 nitrogen and oxygen atoms in total. The van der Waals surface area contributed by atoms with Crippen LogP contribution in [-0.2, 0) is 17.8 Å². The van der Waals surface area contributed by atoms with Crippen LogP contribution in [0.4, 0.5) is 11.5 Å². The Hall–Kier alpha value is -3.16. The normalized spacial score (nSPS) is 18.1. The zero-order valence-electron chi connectivity index (χ0n) is 22.1. The van der Waals surface area contributed by atoms with Gasteiger partial charge in [0.15, 0.2) is 5.82 Å². The Labute approximate surface area is 224 Å². The highest BCUT2D eigenvalue weighted by Gasteiger charge is 2.31. The van der Waals surface area contributed by atoms with Crippen molar-refractivity contribution in [1.29, 1.82) is 0 Å². The van der Waals surface area contributed by atoms with Crippen molar-refractivity contribution < 1.29 is 4.79 Å². The molecule has 3 heterocycles. The Morgan fingerprint density at radius 3 is 2.49 bits per heavy atom. The van der Waals surface area contributed by atoms with Crippen molar-refractivity contribution in [3.63, 3.8) is 0 Å². The maximum Gasteiger partial charge on any atom is 0.231 e. The van der Waals surface area contributed by atoms with Crippen LogP contribution in [0.1, 0.15) is 34.9 Å². The molecule has 2 aliphatic rings. The Morgan fingerprint density at radius 2 is 1.78 bits per heavy atom. The van der Waals surface area contributed by atoms with E-state index in [0.717, 1.165) is 72.8 Å². The first-order chi connectivity index (χ1) is 17.7. The van der Waals surface area contributed by atoms with Crippen LogP contribution in [-0.4, -0.2) is 59.5 Å². The third-order valence-corrected chi connectivity index (χ3v) is 7.91. The van der Waals surface area contributed by atoms with Gasteiger partial charge in [-0.1, -0.05) is 35.9 Å². The molecule has 2 aromatic carbocycles. The SMILES string of the molecule is Cc1ccc(Cl)cc1N1CCc2nc(-c3c(C)cccc3C)nc(N3CCN(CC(N)=O)C(C)C3)c2C1. The number of aromatic nitrogens is 2. The number of halogens is 1. The number of benzene rings is 2. The summed E-state index contributed by atoms with van der Waals surface area (Å²) in [7, 11) is 0. The lowest BCUT2D eigenvalue weighted by Gasteiger charge is -2.41. The molecule has 194 valence electrons. The molecule has 0 saturated carbocycles. The Bertz CT molecular complexity index is 1320. The maximum absolute atomic E-state index is 11.6. The number of hydrogen-bond acceptors (Lipinski definition) is 6. The minimum Gasteiger partial charge on any atom is -0.369 e. The molecule has 0 spiro atoms. The van der Waals surface area contributed by atoms with Crippen molar-refractivity contribution in [2.45, 2.75) is 46.7 Å². The number of nitrogens with two attached hydrogens (primary N) is 1. The summed E-state index contributed by atoms with van der Waals surface area (Å²) in [6, 6.07) is 12.6. The first kappa shape index (κ1) is 25.5. The summed E-state index contributed by atoms with van der Waals surface area (Å²) in [5.74, 6) is 1.51. The Morgan fingerprint density at radius 1 is 1.03 bits per heavy atom. The first-order valence-electron chi connectivity index (χ1n) is 13.0. The second-order valence-electron chi connectivity index (χ2n) is 10.4. The third kappa shape index (κ3) is 5.15. The number of piperazine rings is 1. The van der Waals surface area contributed by atoms with Crippen molar-refractivity contribution in [2.24, 2.45) is 5.73 Å². The molecule has 0 radical (unpaired) electrons. The molecule has 3 aromatic rings. The van der Waals surface area contributed by atoms with E-state index in [4.69, 9.17) is 27.3 Å². The summed E-state index contributed by atoms with van der Waals surface area (Å²) in [5, 5.41) is 0.743. The van der Waals surface area contributed by atoms with Gasteiger partial charge in [0, 0.05) is 67.0 Å². The summed E-state index contributed by atoms with van der Waals surface area (Å²) in [6.07, 6.45) is 0.839. The van der Waals surface area contributed by atoms with E-state index in [2.05, 4.69) is 72.7 Å². The van der Waals surface area contributed by atoms with Crippen molar-refractivity contribution in [1.82, 2.24) is 14.9 Å². The van der Waals surface area contributed by atoms with Gasteiger partial charge in [0.1, 0.15) is 5.82 Å². The average molecular weight is 519 g/mol. The molecule has 0 bridgehead atoms. The van der Waals surface area contributed by atoms with Crippen LogP contribution in [0.2, 0.25) is 5.02 Å². The number of carbonyl (C=O) groups is 1. The predicted octanol–water partition coefficient (Wildman–Crippen LogP) is 4.28. The zero-order valence-corrected chi connectivity index (χ0v) is 22.8. The molecular formula is C29H35ClN6O. The molecule has 0 aliphatic carbocycles. The minimum absolute atomic E-state index is 0.186. The molecule has 5 rings (SSSR count). The predicted molar refractivity (Wildman–Crippen MR) is 150 cm³/mol. The summed E-state index contributed by atoms with van der Waals surface area (Å²) in [6.45, 7) is 12.7. The molecule has 37 heavy (non-hydrogen) atoms. The molecular weight excluding hydrogens is 484 g/mol. The molecule has 1 fully saturated rings. The van der Waals surface area contributed by atoms with Crippen LogP contribution < -0.4 is 15.5 Å². The number of hydrogen-bond donors (Lipinski definition) is 1. The summed E-state index contributed by atoms with van der Waals surface area (Å²) in [5.41, 5.74) is 13.6. The number of primary amides is 1. The lowest BCUT2D eigenvalue weighted by Crippen LogP contribution is -2.54. The standard InChI is InChI=1S/C29H35ClN6O/c1-18-8-9-22(30)14-25(18)35-11-10-24-23(16-35)29(36-13-12-34(17-26(31)37)21(4)15-36)33-28(32-24)27-19(2)6-5-7-20(27)3/h5-9,14,21H,10-13,15-17H2,1-4H3,(H2,31,37). The molecule has 2 N–H and O–H groups in total. The smallest absolute Gasteiger partial charge is 0.231 e. The highest BCUT2D eigenvalue weighted by atomic mass is 35.5. The van der Waals surface area contributed by atoms with E-state index in [-0.39, 0.29) is 18.5 Å². The lowest BCUT2D eigenvalue weighted by atomic mass is 9.99. The number of rotatable bonds is 5. The van der Waals surface area contributed by atoms with Gasteiger partial charge in [0.2, 0.25) is 5.91 Å². The molecule has 2 aliphatic heterocycles. The second-order valence-corrected chi connectivity index (χ2v) is 10.8. The van der Waals surface area contributed by atoms with Gasteiger partial charge in [0.25, 0.3) is 0 Å². The average Bonchev–Trinajstić information content (AvgIpc) is 2.85. The van der Waals surface area contributed by atoms with E-state index in [1.807, 2.05) is 6.07 Å². The van der Waals surface area contributed by atoms with Gasteiger partial charge in [-0.15, -0.1) is 0 Å². The largest absolute Gasteiger partial charge is 0.369 e. The van der Waals surface area contributed by atoms with E-state index in [0.29, 0.717) is 0 Å². The maximum atomic E-state index is 11.6. The third-order valence-electron chi connectivity index (χ3n) is 7.68. The summed E-state index contributed by atoms with van der Waals surface area (Å²) < 4.78 is 0. The second kappa shape index (κ2) is 10.3. The van der Waals surface area contributed by atoms with Crippen molar-refractivity contribution in [2.75, 3.05) is 42.5 Å². The molecule has 1 amide bonds.